The lowest BCUT2D eigenvalue weighted by Gasteiger charge is -2.08. The van der Waals surface area contributed by atoms with E-state index in [0.29, 0.717) is 33.1 Å². The van der Waals surface area contributed by atoms with Gasteiger partial charge in [-0.25, -0.2) is 5.43 Å². The Morgan fingerprint density at radius 3 is 2.31 bits per heavy atom. The molecular weight excluding hydrogens is 432 g/mol. The Balaban J connectivity index is 1.71. The first-order valence-corrected chi connectivity index (χ1v) is 9.89. The van der Waals surface area contributed by atoms with Crippen molar-refractivity contribution in [1.82, 2.24) is 5.43 Å². The molecular formula is C23H19ClN4O4. The quantitative estimate of drug-likeness (QED) is 0.313. The van der Waals surface area contributed by atoms with E-state index in [1.54, 1.807) is 62.4 Å². The monoisotopic (exact) mass is 450 g/mol. The van der Waals surface area contributed by atoms with Crippen molar-refractivity contribution in [2.75, 3.05) is 5.32 Å². The Bertz CT molecular complexity index is 1220. The number of nitro groups is 1. The number of halogens is 1. The number of carbonyl (C=O) groups excluding carboxylic acids is 2. The van der Waals surface area contributed by atoms with Gasteiger partial charge in [-0.15, -0.1) is 0 Å². The van der Waals surface area contributed by atoms with Gasteiger partial charge in [-0.2, -0.15) is 5.10 Å². The molecule has 32 heavy (non-hydrogen) atoms. The second-order valence-electron chi connectivity index (χ2n) is 6.94. The van der Waals surface area contributed by atoms with Crippen molar-refractivity contribution < 1.29 is 14.5 Å². The fourth-order valence-corrected chi connectivity index (χ4v) is 2.96. The first-order chi connectivity index (χ1) is 15.2. The highest BCUT2D eigenvalue weighted by Gasteiger charge is 2.15. The van der Waals surface area contributed by atoms with Crippen LogP contribution in [-0.2, 0) is 0 Å². The molecule has 0 aromatic heterocycles. The van der Waals surface area contributed by atoms with Crippen molar-refractivity contribution >= 4 is 40.5 Å². The Labute approximate surface area is 189 Å². The number of nitro benzene ring substituents is 1. The van der Waals surface area contributed by atoms with Crippen molar-refractivity contribution in [2.24, 2.45) is 5.10 Å². The molecule has 3 rings (SSSR count). The first-order valence-electron chi connectivity index (χ1n) is 9.51. The van der Waals surface area contributed by atoms with E-state index in [1.807, 2.05) is 0 Å². The van der Waals surface area contributed by atoms with Crippen LogP contribution in [0.3, 0.4) is 0 Å². The van der Waals surface area contributed by atoms with Crippen LogP contribution in [0.25, 0.3) is 0 Å². The van der Waals surface area contributed by atoms with Gasteiger partial charge in [-0.05, 0) is 61.9 Å². The van der Waals surface area contributed by atoms with Gasteiger partial charge in [0.1, 0.15) is 0 Å². The summed E-state index contributed by atoms with van der Waals surface area (Å²) in [6.07, 6.45) is 0. The molecule has 0 saturated heterocycles. The largest absolute Gasteiger partial charge is 0.322 e. The number of nitrogens with one attached hydrogen (secondary N) is 2. The van der Waals surface area contributed by atoms with Gasteiger partial charge in [0.25, 0.3) is 17.5 Å². The summed E-state index contributed by atoms with van der Waals surface area (Å²) in [5, 5.41) is 18.5. The SMILES string of the molecule is CC(=NNC(=O)c1ccc(C)c([N+](=O)[O-])c1)c1cccc(NC(=O)c2ccc(Cl)cc2)c1. The number of amides is 2. The molecule has 0 heterocycles. The zero-order valence-electron chi connectivity index (χ0n) is 17.3. The minimum Gasteiger partial charge on any atom is -0.322 e. The molecule has 0 atom stereocenters. The Morgan fingerprint density at radius 2 is 1.62 bits per heavy atom. The molecule has 0 aliphatic heterocycles. The van der Waals surface area contributed by atoms with Crippen molar-refractivity contribution in [3.63, 3.8) is 0 Å². The number of anilines is 1. The van der Waals surface area contributed by atoms with Crippen LogP contribution in [0.5, 0.6) is 0 Å². The summed E-state index contributed by atoms with van der Waals surface area (Å²) >= 11 is 5.85. The summed E-state index contributed by atoms with van der Waals surface area (Å²) in [6.45, 7) is 3.29. The summed E-state index contributed by atoms with van der Waals surface area (Å²) < 4.78 is 0. The third kappa shape index (κ3) is 5.55. The van der Waals surface area contributed by atoms with E-state index in [4.69, 9.17) is 11.6 Å². The molecule has 0 bridgehead atoms. The van der Waals surface area contributed by atoms with E-state index >= 15 is 0 Å². The number of hydrazone groups is 1. The molecule has 3 aromatic rings. The molecule has 0 spiro atoms. The highest BCUT2D eigenvalue weighted by atomic mass is 35.5. The van der Waals surface area contributed by atoms with Crippen LogP contribution in [0.1, 0.15) is 38.8 Å². The molecule has 0 aliphatic carbocycles. The van der Waals surface area contributed by atoms with Crippen molar-refractivity contribution in [1.29, 1.82) is 0 Å². The maximum atomic E-state index is 12.4. The second-order valence-corrected chi connectivity index (χ2v) is 7.37. The molecule has 0 aliphatic rings. The van der Waals surface area contributed by atoms with Crippen molar-refractivity contribution in [3.05, 3.63) is 104 Å². The van der Waals surface area contributed by atoms with Gasteiger partial charge >= 0.3 is 0 Å². The number of hydrogen-bond donors (Lipinski definition) is 2. The average Bonchev–Trinajstić information content (AvgIpc) is 2.78. The van der Waals surface area contributed by atoms with E-state index in [1.165, 1.54) is 18.2 Å². The Morgan fingerprint density at radius 1 is 0.938 bits per heavy atom. The average molecular weight is 451 g/mol. The summed E-state index contributed by atoms with van der Waals surface area (Å²) in [6, 6.07) is 17.7. The fourth-order valence-electron chi connectivity index (χ4n) is 2.84. The Hall–Kier alpha value is -4.04. The summed E-state index contributed by atoms with van der Waals surface area (Å²) in [5.74, 6) is -0.859. The summed E-state index contributed by atoms with van der Waals surface area (Å²) in [7, 11) is 0. The number of benzene rings is 3. The molecule has 0 fully saturated rings. The number of aryl methyl sites for hydroxylation is 1. The molecule has 162 valence electrons. The highest BCUT2D eigenvalue weighted by Crippen LogP contribution is 2.19. The standard InChI is InChI=1S/C23H19ClN4O4/c1-14-6-7-18(13-21(14)28(31)32)23(30)27-26-15(2)17-4-3-5-20(12-17)25-22(29)16-8-10-19(24)11-9-16/h3-13H,1-2H3,(H,25,29)(H,27,30). The lowest BCUT2D eigenvalue weighted by molar-refractivity contribution is -0.385. The summed E-state index contributed by atoms with van der Waals surface area (Å²) in [5.41, 5.74) is 5.03. The maximum absolute atomic E-state index is 12.4. The zero-order valence-corrected chi connectivity index (χ0v) is 18.0. The van der Waals surface area contributed by atoms with Crippen LogP contribution in [0.2, 0.25) is 5.02 Å². The number of rotatable bonds is 6. The van der Waals surface area contributed by atoms with Gasteiger partial charge in [0.2, 0.25) is 0 Å². The fraction of sp³-hybridized carbons (Fsp3) is 0.0870. The molecule has 3 aromatic carbocycles. The Kier molecular flexibility index (Phi) is 6.97. The second kappa shape index (κ2) is 9.84. The molecule has 0 saturated carbocycles. The molecule has 2 N–H and O–H groups in total. The first kappa shape index (κ1) is 22.6. The van der Waals surface area contributed by atoms with Crippen LogP contribution in [0.15, 0.2) is 71.8 Å². The van der Waals surface area contributed by atoms with E-state index in [-0.39, 0.29) is 17.2 Å². The minimum atomic E-state index is -0.570. The van der Waals surface area contributed by atoms with Crippen LogP contribution in [0.4, 0.5) is 11.4 Å². The van der Waals surface area contributed by atoms with Crippen molar-refractivity contribution in [3.8, 4) is 0 Å². The van der Waals surface area contributed by atoms with E-state index < -0.39 is 10.8 Å². The molecule has 0 unspecified atom stereocenters. The molecule has 8 nitrogen and oxygen atoms in total. The van der Waals surface area contributed by atoms with Crippen LogP contribution >= 0.6 is 11.6 Å². The normalized spacial score (nSPS) is 11.0. The predicted molar refractivity (Wildman–Crippen MR) is 123 cm³/mol. The van der Waals surface area contributed by atoms with Gasteiger partial charge in [0.05, 0.1) is 10.6 Å². The van der Waals surface area contributed by atoms with E-state index in [2.05, 4.69) is 15.8 Å². The van der Waals surface area contributed by atoms with Gasteiger partial charge in [0.15, 0.2) is 0 Å². The zero-order chi connectivity index (χ0) is 23.3. The molecule has 9 heteroatoms. The van der Waals surface area contributed by atoms with Gasteiger partial charge in [0, 0.05) is 33.5 Å². The smallest absolute Gasteiger partial charge is 0.273 e. The van der Waals surface area contributed by atoms with Gasteiger partial charge in [-0.1, -0.05) is 29.8 Å². The van der Waals surface area contributed by atoms with Crippen LogP contribution in [0, 0.1) is 17.0 Å². The van der Waals surface area contributed by atoms with Crippen LogP contribution < -0.4 is 10.7 Å². The van der Waals surface area contributed by atoms with Gasteiger partial charge < -0.3 is 5.32 Å². The van der Waals surface area contributed by atoms with Gasteiger partial charge in [-0.3, -0.25) is 19.7 Å². The molecule has 0 radical (unpaired) electrons. The third-order valence-corrected chi connectivity index (χ3v) is 4.89. The number of hydrogen-bond acceptors (Lipinski definition) is 5. The van der Waals surface area contributed by atoms with E-state index in [9.17, 15) is 19.7 Å². The maximum Gasteiger partial charge on any atom is 0.273 e. The lowest BCUT2D eigenvalue weighted by atomic mass is 10.1. The van der Waals surface area contributed by atoms with Crippen LogP contribution in [-0.4, -0.2) is 22.4 Å². The topological polar surface area (TPSA) is 114 Å². The lowest BCUT2D eigenvalue weighted by Crippen LogP contribution is -2.19. The van der Waals surface area contributed by atoms with Crippen molar-refractivity contribution in [2.45, 2.75) is 13.8 Å². The number of carbonyl (C=O) groups is 2. The minimum absolute atomic E-state index is 0.128. The highest BCUT2D eigenvalue weighted by molar-refractivity contribution is 6.30. The van der Waals surface area contributed by atoms with E-state index in [0.717, 1.165) is 0 Å². The summed E-state index contributed by atoms with van der Waals surface area (Å²) in [4.78, 5) is 35.3. The number of nitrogens with zero attached hydrogens (tertiary/aromatic N) is 2. The third-order valence-electron chi connectivity index (χ3n) is 4.64. The predicted octanol–water partition coefficient (Wildman–Crippen LogP) is 4.96. The molecule has 2 amide bonds.